The van der Waals surface area contributed by atoms with E-state index in [9.17, 15) is 0 Å². The van der Waals surface area contributed by atoms with Gasteiger partial charge in [-0.3, -0.25) is 0 Å². The second-order valence-corrected chi connectivity index (χ2v) is 4.19. The van der Waals surface area contributed by atoms with Crippen LogP contribution in [0.2, 0.25) is 0 Å². The third-order valence-corrected chi connectivity index (χ3v) is 3.10. The van der Waals surface area contributed by atoms with Crippen LogP contribution in [-0.2, 0) is 12.8 Å². The van der Waals surface area contributed by atoms with Crippen molar-refractivity contribution in [3.63, 3.8) is 0 Å². The summed E-state index contributed by atoms with van der Waals surface area (Å²) in [6.07, 6.45) is 2.11. The molecule has 0 atom stereocenters. The summed E-state index contributed by atoms with van der Waals surface area (Å²) < 4.78 is 0. The van der Waals surface area contributed by atoms with Crippen LogP contribution in [0, 0.1) is 0 Å². The van der Waals surface area contributed by atoms with Crippen molar-refractivity contribution in [2.45, 2.75) is 33.6 Å². The zero-order valence-electron chi connectivity index (χ0n) is 10.3. The third-order valence-electron chi connectivity index (χ3n) is 2.73. The molecule has 0 bridgehead atoms. The van der Waals surface area contributed by atoms with Gasteiger partial charge in [0.2, 0.25) is 0 Å². The van der Waals surface area contributed by atoms with E-state index in [2.05, 4.69) is 37.4 Å². The molecule has 0 radical (unpaired) electrons. The number of anilines is 1. The first-order chi connectivity index (χ1) is 7.72. The molecule has 1 N–H and O–H groups in total. The molecular formula is C14H20ClN. The molecule has 0 saturated heterocycles. The van der Waals surface area contributed by atoms with Gasteiger partial charge >= 0.3 is 0 Å². The van der Waals surface area contributed by atoms with Gasteiger partial charge in [0.15, 0.2) is 0 Å². The molecule has 0 amide bonds. The van der Waals surface area contributed by atoms with Crippen molar-refractivity contribution < 1.29 is 0 Å². The molecule has 1 rings (SSSR count). The van der Waals surface area contributed by atoms with Crippen LogP contribution in [0.5, 0.6) is 0 Å². The normalized spacial score (nSPS) is 11.6. The van der Waals surface area contributed by atoms with Crippen LogP contribution >= 0.6 is 11.6 Å². The summed E-state index contributed by atoms with van der Waals surface area (Å²) in [5.74, 6) is 0. The molecule has 16 heavy (non-hydrogen) atoms. The molecular weight excluding hydrogens is 218 g/mol. The van der Waals surface area contributed by atoms with Crippen LogP contribution in [0.1, 0.15) is 31.9 Å². The lowest BCUT2D eigenvalue weighted by atomic mass is 10.0. The first-order valence-electron chi connectivity index (χ1n) is 5.83. The summed E-state index contributed by atoms with van der Waals surface area (Å²) in [5.41, 5.74) is 6.82. The minimum atomic E-state index is 0.813. The second kappa shape index (κ2) is 6.59. The van der Waals surface area contributed by atoms with Crippen LogP contribution in [0.3, 0.4) is 0 Å². The second-order valence-electron chi connectivity index (χ2n) is 3.97. The van der Waals surface area contributed by atoms with Crippen molar-refractivity contribution in [1.29, 1.82) is 0 Å². The molecule has 88 valence electrons. The Morgan fingerprint density at radius 1 is 1.25 bits per heavy atom. The summed E-state index contributed by atoms with van der Waals surface area (Å²) >= 11 is 5.66. The molecule has 1 aromatic carbocycles. The Bertz CT molecular complexity index is 347. The number of hydrogen-bond donors (Lipinski definition) is 1. The highest BCUT2D eigenvalue weighted by molar-refractivity contribution is 6.25. The van der Waals surface area contributed by atoms with Gasteiger partial charge in [-0.2, -0.15) is 0 Å². The minimum absolute atomic E-state index is 0.813. The highest BCUT2D eigenvalue weighted by Crippen LogP contribution is 2.22. The zero-order chi connectivity index (χ0) is 12.0. The third kappa shape index (κ3) is 3.28. The maximum Gasteiger partial charge on any atom is 0.0407 e. The van der Waals surface area contributed by atoms with Gasteiger partial charge in [0, 0.05) is 17.8 Å². The van der Waals surface area contributed by atoms with Gasteiger partial charge in [-0.15, -0.1) is 0 Å². The lowest BCUT2D eigenvalue weighted by Gasteiger charge is -2.15. The summed E-state index contributed by atoms with van der Waals surface area (Å²) in [5, 5.41) is 3.48. The van der Waals surface area contributed by atoms with Gasteiger partial charge in [-0.25, -0.2) is 0 Å². The van der Waals surface area contributed by atoms with Crippen LogP contribution in [0.25, 0.3) is 0 Å². The van der Waals surface area contributed by atoms with Crippen LogP contribution in [0.15, 0.2) is 29.3 Å². The predicted octanol–water partition coefficient (Wildman–Crippen LogP) is 4.37. The van der Waals surface area contributed by atoms with Crippen molar-refractivity contribution >= 4 is 17.3 Å². The molecule has 0 fully saturated rings. The van der Waals surface area contributed by atoms with E-state index in [1.807, 2.05) is 6.92 Å². The van der Waals surface area contributed by atoms with E-state index in [1.165, 1.54) is 16.8 Å². The zero-order valence-corrected chi connectivity index (χ0v) is 11.1. The van der Waals surface area contributed by atoms with E-state index in [0.29, 0.717) is 0 Å². The molecule has 2 heteroatoms. The largest absolute Gasteiger partial charge is 0.381 e. The van der Waals surface area contributed by atoms with E-state index in [1.54, 1.807) is 5.54 Å². The minimum Gasteiger partial charge on any atom is -0.381 e. The highest BCUT2D eigenvalue weighted by atomic mass is 35.5. The molecule has 1 nitrogen and oxygen atoms in total. The van der Waals surface area contributed by atoms with Crippen molar-refractivity contribution in [3.05, 3.63) is 40.4 Å². The number of rotatable bonds is 5. The van der Waals surface area contributed by atoms with Crippen LogP contribution in [0.4, 0.5) is 5.69 Å². The van der Waals surface area contributed by atoms with Crippen molar-refractivity contribution in [2.75, 3.05) is 11.9 Å². The van der Waals surface area contributed by atoms with Gasteiger partial charge < -0.3 is 5.32 Å². The van der Waals surface area contributed by atoms with Crippen molar-refractivity contribution in [1.82, 2.24) is 0 Å². The number of nitrogens with one attached hydrogen (secondary N) is 1. The van der Waals surface area contributed by atoms with Gasteiger partial charge in [-0.1, -0.05) is 43.6 Å². The van der Waals surface area contributed by atoms with Gasteiger partial charge in [-0.05, 0) is 36.5 Å². The van der Waals surface area contributed by atoms with Gasteiger partial charge in [0.25, 0.3) is 0 Å². The summed E-state index contributed by atoms with van der Waals surface area (Å²) in [6.45, 7) is 7.21. The molecule has 0 heterocycles. The Hall–Kier alpha value is -0.950. The van der Waals surface area contributed by atoms with Gasteiger partial charge in [0.1, 0.15) is 0 Å². The smallest absolute Gasteiger partial charge is 0.0407 e. The van der Waals surface area contributed by atoms with Crippen molar-refractivity contribution in [2.24, 2.45) is 0 Å². The SMILES string of the molecule is CCc1cccc(CC)c1NC/C(C)=C/Cl. The van der Waals surface area contributed by atoms with Gasteiger partial charge in [0.05, 0.1) is 0 Å². The first-order valence-corrected chi connectivity index (χ1v) is 6.27. The fraction of sp³-hybridized carbons (Fsp3) is 0.429. The molecule has 0 saturated carbocycles. The Morgan fingerprint density at radius 2 is 1.81 bits per heavy atom. The number of aryl methyl sites for hydroxylation is 2. The summed E-state index contributed by atoms with van der Waals surface area (Å²) in [6, 6.07) is 6.50. The lowest BCUT2D eigenvalue weighted by Crippen LogP contribution is -2.07. The van der Waals surface area contributed by atoms with E-state index in [0.717, 1.165) is 25.0 Å². The molecule has 0 unspecified atom stereocenters. The number of benzene rings is 1. The molecule has 0 aliphatic carbocycles. The monoisotopic (exact) mass is 237 g/mol. The first kappa shape index (κ1) is 13.1. The number of halogens is 1. The summed E-state index contributed by atoms with van der Waals surface area (Å²) in [7, 11) is 0. The quantitative estimate of drug-likeness (QED) is 0.802. The molecule has 0 aromatic heterocycles. The van der Waals surface area contributed by atoms with E-state index in [-0.39, 0.29) is 0 Å². The van der Waals surface area contributed by atoms with E-state index in [4.69, 9.17) is 11.6 Å². The van der Waals surface area contributed by atoms with E-state index < -0.39 is 0 Å². The molecule has 1 aromatic rings. The maximum absolute atomic E-state index is 5.66. The fourth-order valence-electron chi connectivity index (χ4n) is 1.74. The topological polar surface area (TPSA) is 12.0 Å². The molecule has 0 spiro atoms. The Labute approximate surface area is 104 Å². The van der Waals surface area contributed by atoms with E-state index >= 15 is 0 Å². The maximum atomic E-state index is 5.66. The fourth-order valence-corrected chi connectivity index (χ4v) is 1.81. The van der Waals surface area contributed by atoms with Crippen molar-refractivity contribution in [3.8, 4) is 0 Å². The Balaban J connectivity index is 2.91. The predicted molar refractivity (Wildman–Crippen MR) is 73.3 cm³/mol. The standard InChI is InChI=1S/C14H20ClN/c1-4-12-7-6-8-13(5-2)14(12)16-10-11(3)9-15/h6-9,16H,4-5,10H2,1-3H3/b11-9+. The molecule has 0 aliphatic rings. The van der Waals surface area contributed by atoms with Crippen LogP contribution < -0.4 is 5.32 Å². The summed E-state index contributed by atoms with van der Waals surface area (Å²) in [4.78, 5) is 0. The van der Waals surface area contributed by atoms with Crippen LogP contribution in [-0.4, -0.2) is 6.54 Å². The highest BCUT2D eigenvalue weighted by Gasteiger charge is 2.05. The average molecular weight is 238 g/mol. The Morgan fingerprint density at radius 3 is 2.25 bits per heavy atom. The number of hydrogen-bond acceptors (Lipinski definition) is 1. The lowest BCUT2D eigenvalue weighted by molar-refractivity contribution is 1.07. The average Bonchev–Trinajstić information content (AvgIpc) is 2.35. The molecule has 0 aliphatic heterocycles. The number of para-hydroxylation sites is 1. The Kier molecular flexibility index (Phi) is 5.41.